The smallest absolute Gasteiger partial charge is 0.223 e. The number of carbonyl (C=O) groups excluding carboxylic acids is 2. The highest BCUT2D eigenvalue weighted by molar-refractivity contribution is 9.10. The molecule has 2 N–H and O–H groups in total. The zero-order valence-electron chi connectivity index (χ0n) is 13.6. The zero-order valence-corrected chi connectivity index (χ0v) is 15.2. The molecule has 1 aromatic carbocycles. The highest BCUT2D eigenvalue weighted by Gasteiger charge is 2.22. The van der Waals surface area contributed by atoms with Gasteiger partial charge in [-0.25, -0.2) is 0 Å². The van der Waals surface area contributed by atoms with Gasteiger partial charge in [-0.2, -0.15) is 0 Å². The molecule has 0 spiro atoms. The molecule has 1 fully saturated rings. The van der Waals surface area contributed by atoms with Crippen LogP contribution in [-0.2, 0) is 16.0 Å². The van der Waals surface area contributed by atoms with Crippen molar-refractivity contribution >= 4 is 27.7 Å². The van der Waals surface area contributed by atoms with Gasteiger partial charge in [0.1, 0.15) is 0 Å². The summed E-state index contributed by atoms with van der Waals surface area (Å²) < 4.78 is 1.05. The van der Waals surface area contributed by atoms with E-state index in [1.165, 1.54) is 5.56 Å². The second-order valence-corrected chi connectivity index (χ2v) is 7.24. The number of halogens is 1. The lowest BCUT2D eigenvalue weighted by Crippen LogP contribution is -2.37. The molecular formula is C18H25BrN2O2. The maximum atomic E-state index is 11.9. The Balaban J connectivity index is 1.63. The summed E-state index contributed by atoms with van der Waals surface area (Å²) in [5.74, 6) is 0.258. The molecule has 126 valence electrons. The Morgan fingerprint density at radius 2 is 1.87 bits per heavy atom. The van der Waals surface area contributed by atoms with Gasteiger partial charge < -0.3 is 10.6 Å². The van der Waals surface area contributed by atoms with Crippen LogP contribution in [0.25, 0.3) is 0 Å². The maximum absolute atomic E-state index is 11.9. The minimum atomic E-state index is -0.0127. The van der Waals surface area contributed by atoms with Crippen molar-refractivity contribution in [3.8, 4) is 0 Å². The number of hydrogen-bond acceptors (Lipinski definition) is 2. The van der Waals surface area contributed by atoms with Gasteiger partial charge in [-0.1, -0.05) is 40.9 Å². The number of amides is 2. The van der Waals surface area contributed by atoms with Gasteiger partial charge in [0, 0.05) is 29.4 Å². The topological polar surface area (TPSA) is 58.2 Å². The fourth-order valence-electron chi connectivity index (χ4n) is 3.00. The Morgan fingerprint density at radius 1 is 1.22 bits per heavy atom. The molecule has 0 radical (unpaired) electrons. The molecule has 2 rings (SSSR count). The molecule has 0 heterocycles. The van der Waals surface area contributed by atoms with Crippen molar-refractivity contribution in [3.63, 3.8) is 0 Å². The maximum Gasteiger partial charge on any atom is 0.223 e. The number of hydrogen-bond donors (Lipinski definition) is 2. The Morgan fingerprint density at radius 3 is 2.52 bits per heavy atom. The highest BCUT2D eigenvalue weighted by Crippen LogP contribution is 2.24. The first-order chi connectivity index (χ1) is 11.0. The van der Waals surface area contributed by atoms with Gasteiger partial charge in [0.15, 0.2) is 0 Å². The third kappa shape index (κ3) is 6.34. The fourth-order valence-corrected chi connectivity index (χ4v) is 3.27. The van der Waals surface area contributed by atoms with Crippen molar-refractivity contribution in [2.75, 3.05) is 6.54 Å². The van der Waals surface area contributed by atoms with Crippen LogP contribution >= 0.6 is 15.9 Å². The number of carbonyl (C=O) groups is 2. The summed E-state index contributed by atoms with van der Waals surface area (Å²) in [4.78, 5) is 23.8. The monoisotopic (exact) mass is 380 g/mol. The van der Waals surface area contributed by atoms with E-state index >= 15 is 0 Å². The zero-order chi connectivity index (χ0) is 16.7. The third-order valence-electron chi connectivity index (χ3n) is 4.24. The second-order valence-electron chi connectivity index (χ2n) is 6.32. The SMILES string of the molecule is CC(Cc1ccc(Br)cc1)NC(=O)CCNC(=O)C1CCCC1. The lowest BCUT2D eigenvalue weighted by molar-refractivity contribution is -0.125. The average Bonchev–Trinajstić information content (AvgIpc) is 3.03. The Hall–Kier alpha value is -1.36. The molecule has 1 atom stereocenters. The van der Waals surface area contributed by atoms with Gasteiger partial charge in [-0.05, 0) is 43.9 Å². The van der Waals surface area contributed by atoms with Crippen LogP contribution in [-0.4, -0.2) is 24.4 Å². The van der Waals surface area contributed by atoms with Crippen LogP contribution in [0.4, 0.5) is 0 Å². The van der Waals surface area contributed by atoms with E-state index in [1.807, 2.05) is 19.1 Å². The Bertz CT molecular complexity index is 524. The number of nitrogens with one attached hydrogen (secondary N) is 2. The minimum Gasteiger partial charge on any atom is -0.355 e. The molecule has 1 unspecified atom stereocenters. The molecule has 0 saturated heterocycles. The van der Waals surface area contributed by atoms with Crippen LogP contribution in [0.3, 0.4) is 0 Å². The standard InChI is InChI=1S/C18H25BrN2O2/c1-13(12-14-6-8-16(19)9-7-14)21-17(22)10-11-20-18(23)15-4-2-3-5-15/h6-9,13,15H,2-5,10-12H2,1H3,(H,20,23)(H,21,22). The van der Waals surface area contributed by atoms with Crippen LogP contribution < -0.4 is 10.6 Å². The fraction of sp³-hybridized carbons (Fsp3) is 0.556. The summed E-state index contributed by atoms with van der Waals surface area (Å²) in [6, 6.07) is 8.18. The summed E-state index contributed by atoms with van der Waals surface area (Å²) >= 11 is 3.41. The van der Waals surface area contributed by atoms with Crippen LogP contribution in [0.2, 0.25) is 0 Å². The molecule has 0 aliphatic heterocycles. The molecule has 23 heavy (non-hydrogen) atoms. The molecular weight excluding hydrogens is 356 g/mol. The summed E-state index contributed by atoms with van der Waals surface area (Å²) in [6.45, 7) is 2.42. The van der Waals surface area contributed by atoms with E-state index in [2.05, 4.69) is 38.7 Å². The quantitative estimate of drug-likeness (QED) is 0.762. The van der Waals surface area contributed by atoms with Crippen molar-refractivity contribution in [1.29, 1.82) is 0 Å². The first-order valence-corrected chi connectivity index (χ1v) is 9.15. The van der Waals surface area contributed by atoms with E-state index in [1.54, 1.807) is 0 Å². The second kappa shape index (κ2) is 9.06. The van der Waals surface area contributed by atoms with Gasteiger partial charge in [0.2, 0.25) is 11.8 Å². The first-order valence-electron chi connectivity index (χ1n) is 8.36. The third-order valence-corrected chi connectivity index (χ3v) is 4.77. The Kier molecular flexibility index (Phi) is 7.09. The lowest BCUT2D eigenvalue weighted by atomic mass is 10.1. The minimum absolute atomic E-state index is 0.0127. The van der Waals surface area contributed by atoms with Crippen molar-refractivity contribution in [2.24, 2.45) is 5.92 Å². The summed E-state index contributed by atoms with van der Waals surface area (Å²) in [6.07, 6.45) is 5.40. The summed E-state index contributed by atoms with van der Waals surface area (Å²) in [7, 11) is 0. The molecule has 1 aromatic rings. The van der Waals surface area contributed by atoms with E-state index in [9.17, 15) is 9.59 Å². The van der Waals surface area contributed by atoms with Gasteiger partial charge in [-0.3, -0.25) is 9.59 Å². The Labute approximate surface area is 146 Å². The molecule has 2 amide bonds. The van der Waals surface area contributed by atoms with Crippen molar-refractivity contribution in [2.45, 2.75) is 51.5 Å². The van der Waals surface area contributed by atoms with Crippen LogP contribution in [0.15, 0.2) is 28.7 Å². The molecule has 0 bridgehead atoms. The van der Waals surface area contributed by atoms with Gasteiger partial charge in [0.25, 0.3) is 0 Å². The summed E-state index contributed by atoms with van der Waals surface area (Å²) in [5.41, 5.74) is 1.19. The van der Waals surface area contributed by atoms with E-state index in [0.29, 0.717) is 13.0 Å². The van der Waals surface area contributed by atoms with Crippen LogP contribution in [0.5, 0.6) is 0 Å². The first kappa shape index (κ1) is 18.0. The highest BCUT2D eigenvalue weighted by atomic mass is 79.9. The van der Waals surface area contributed by atoms with Crippen LogP contribution in [0.1, 0.15) is 44.6 Å². The van der Waals surface area contributed by atoms with Gasteiger partial charge in [0.05, 0.1) is 0 Å². The average molecular weight is 381 g/mol. The molecule has 5 heteroatoms. The van der Waals surface area contributed by atoms with Crippen LogP contribution in [0, 0.1) is 5.92 Å². The molecule has 1 aliphatic carbocycles. The molecule has 4 nitrogen and oxygen atoms in total. The molecule has 1 aliphatic rings. The predicted octanol–water partition coefficient (Wildman–Crippen LogP) is 3.19. The van der Waals surface area contributed by atoms with E-state index in [-0.39, 0.29) is 23.8 Å². The lowest BCUT2D eigenvalue weighted by Gasteiger charge is -2.15. The van der Waals surface area contributed by atoms with E-state index in [0.717, 1.165) is 36.6 Å². The van der Waals surface area contributed by atoms with E-state index < -0.39 is 0 Å². The summed E-state index contributed by atoms with van der Waals surface area (Å²) in [5, 5.41) is 5.86. The van der Waals surface area contributed by atoms with Gasteiger partial charge in [-0.15, -0.1) is 0 Å². The van der Waals surface area contributed by atoms with Crippen molar-refractivity contribution < 1.29 is 9.59 Å². The van der Waals surface area contributed by atoms with Crippen molar-refractivity contribution in [1.82, 2.24) is 10.6 Å². The molecule has 1 saturated carbocycles. The van der Waals surface area contributed by atoms with Crippen molar-refractivity contribution in [3.05, 3.63) is 34.3 Å². The number of benzene rings is 1. The van der Waals surface area contributed by atoms with E-state index in [4.69, 9.17) is 0 Å². The molecule has 0 aromatic heterocycles. The normalized spacial score (nSPS) is 16.1. The predicted molar refractivity (Wildman–Crippen MR) is 95.0 cm³/mol. The number of rotatable bonds is 7. The van der Waals surface area contributed by atoms with Gasteiger partial charge >= 0.3 is 0 Å². The largest absolute Gasteiger partial charge is 0.355 e.